The maximum absolute atomic E-state index is 14.2. The molecule has 4 nitrogen and oxygen atoms in total. The lowest BCUT2D eigenvalue weighted by molar-refractivity contribution is 0.135. The highest BCUT2D eigenvalue weighted by Gasteiger charge is 2.43. The number of halogens is 2. The molecule has 4 rings (SSSR count). The second-order valence-electron chi connectivity index (χ2n) is 7.77. The van der Waals surface area contributed by atoms with Gasteiger partial charge < -0.3 is 4.90 Å². The normalized spacial score (nSPS) is 22.6. The van der Waals surface area contributed by atoms with Crippen LogP contribution >= 0.6 is 11.6 Å². The lowest BCUT2D eigenvalue weighted by Gasteiger charge is -2.40. The van der Waals surface area contributed by atoms with Crippen molar-refractivity contribution in [3.8, 4) is 0 Å². The highest BCUT2D eigenvalue weighted by atomic mass is 35.5. The molecular formula is C20H24ClFN4. The number of aryl methyl sites for hydroxylation is 1. The molecule has 1 aliphatic carbocycles. The molecule has 2 aromatic rings. The third-order valence-electron chi connectivity index (χ3n) is 5.69. The Hall–Kier alpha value is -1.72. The first-order valence-corrected chi connectivity index (χ1v) is 9.55. The Kier molecular flexibility index (Phi) is 4.61. The molecule has 1 aliphatic heterocycles. The van der Waals surface area contributed by atoms with E-state index >= 15 is 0 Å². The number of anilines is 1. The third-order valence-corrected chi connectivity index (χ3v) is 5.93. The molecule has 2 aliphatic rings. The van der Waals surface area contributed by atoms with Gasteiger partial charge in [0.1, 0.15) is 5.82 Å². The van der Waals surface area contributed by atoms with Crippen LogP contribution in [0.5, 0.6) is 0 Å². The van der Waals surface area contributed by atoms with Gasteiger partial charge in [-0.1, -0.05) is 17.7 Å². The summed E-state index contributed by atoms with van der Waals surface area (Å²) in [7, 11) is 3.94. The highest BCUT2D eigenvalue weighted by Crippen LogP contribution is 2.44. The van der Waals surface area contributed by atoms with E-state index in [0.29, 0.717) is 17.1 Å². The first-order valence-electron chi connectivity index (χ1n) is 9.17. The minimum absolute atomic E-state index is 0.0736. The largest absolute Gasteiger partial charge is 0.347 e. The van der Waals surface area contributed by atoms with Crippen molar-refractivity contribution in [2.75, 3.05) is 32.1 Å². The van der Waals surface area contributed by atoms with Crippen LogP contribution in [0.1, 0.15) is 36.1 Å². The van der Waals surface area contributed by atoms with Gasteiger partial charge in [-0.05, 0) is 49.9 Å². The molecule has 6 heteroatoms. The third kappa shape index (κ3) is 3.19. The molecule has 1 spiro atoms. The number of rotatable bonds is 3. The molecule has 0 saturated carbocycles. The number of nitrogens with zero attached hydrogens (tertiary/aromatic N) is 4. The Bertz CT molecular complexity index is 821. The predicted molar refractivity (Wildman–Crippen MR) is 102 cm³/mol. The summed E-state index contributed by atoms with van der Waals surface area (Å²) in [4.78, 5) is 13.7. The Morgan fingerprint density at radius 2 is 2.15 bits per heavy atom. The molecule has 1 saturated heterocycles. The number of likely N-dealkylation sites (tertiary alicyclic amines) is 1. The highest BCUT2D eigenvalue weighted by molar-refractivity contribution is 6.30. The topological polar surface area (TPSA) is 32.3 Å². The lowest BCUT2D eigenvalue weighted by atomic mass is 9.77. The van der Waals surface area contributed by atoms with E-state index in [0.717, 1.165) is 44.7 Å². The zero-order valence-corrected chi connectivity index (χ0v) is 16.1. The predicted octanol–water partition coefficient (Wildman–Crippen LogP) is 3.82. The van der Waals surface area contributed by atoms with Gasteiger partial charge in [-0.3, -0.25) is 4.90 Å². The molecule has 0 radical (unpaired) electrons. The van der Waals surface area contributed by atoms with Crippen molar-refractivity contribution in [3.05, 3.63) is 52.1 Å². The molecule has 1 aromatic heterocycles. The van der Waals surface area contributed by atoms with Gasteiger partial charge >= 0.3 is 0 Å². The monoisotopic (exact) mass is 374 g/mol. The van der Waals surface area contributed by atoms with E-state index in [-0.39, 0.29) is 11.2 Å². The fourth-order valence-corrected chi connectivity index (χ4v) is 4.56. The zero-order chi connectivity index (χ0) is 18.3. The van der Waals surface area contributed by atoms with Gasteiger partial charge in [0.2, 0.25) is 5.95 Å². The fourth-order valence-electron chi connectivity index (χ4n) is 4.40. The summed E-state index contributed by atoms with van der Waals surface area (Å²) in [5.41, 5.74) is 3.26. The standard InChI is InChI=1S/C20H24ClFN4/c1-25(2)19-23-11-14-6-8-20(18(14)24-19)7-3-9-26(13-20)12-15-4-5-16(21)10-17(15)22/h4-5,10-11H,3,6-9,12-13H2,1-2H3. The van der Waals surface area contributed by atoms with Gasteiger partial charge in [0, 0.05) is 49.4 Å². The summed E-state index contributed by atoms with van der Waals surface area (Å²) in [6, 6.07) is 4.97. The summed E-state index contributed by atoms with van der Waals surface area (Å²) >= 11 is 5.88. The van der Waals surface area contributed by atoms with Crippen LogP contribution in [0.4, 0.5) is 10.3 Å². The number of fused-ring (bicyclic) bond motifs is 2. The molecule has 138 valence electrons. The number of benzene rings is 1. The van der Waals surface area contributed by atoms with Gasteiger partial charge in [-0.2, -0.15) is 0 Å². The molecule has 1 atom stereocenters. The molecule has 1 aromatic carbocycles. The first kappa shape index (κ1) is 17.7. The molecule has 1 fully saturated rings. The Morgan fingerprint density at radius 1 is 1.31 bits per heavy atom. The smallest absolute Gasteiger partial charge is 0.225 e. The molecule has 0 N–H and O–H groups in total. The summed E-state index contributed by atoms with van der Waals surface area (Å²) in [5, 5.41) is 0.444. The zero-order valence-electron chi connectivity index (χ0n) is 15.3. The molecule has 0 bridgehead atoms. The van der Waals surface area contributed by atoms with E-state index in [2.05, 4.69) is 9.88 Å². The van der Waals surface area contributed by atoms with E-state index in [4.69, 9.17) is 16.6 Å². The number of hydrogen-bond donors (Lipinski definition) is 0. The SMILES string of the molecule is CN(C)c1ncc2c(n1)C1(CCCN(Cc3ccc(Cl)cc3F)C1)CC2. The van der Waals surface area contributed by atoms with Crippen molar-refractivity contribution >= 4 is 17.5 Å². The van der Waals surface area contributed by atoms with Gasteiger partial charge in [-0.25, -0.2) is 14.4 Å². The van der Waals surface area contributed by atoms with Gasteiger partial charge in [0.15, 0.2) is 0 Å². The van der Waals surface area contributed by atoms with Crippen LogP contribution in [0.25, 0.3) is 0 Å². The Morgan fingerprint density at radius 3 is 2.92 bits per heavy atom. The van der Waals surface area contributed by atoms with Crippen LogP contribution in [0, 0.1) is 5.82 Å². The maximum Gasteiger partial charge on any atom is 0.225 e. The molecular weight excluding hydrogens is 351 g/mol. The van der Waals surface area contributed by atoms with E-state index < -0.39 is 0 Å². The molecule has 26 heavy (non-hydrogen) atoms. The van der Waals surface area contributed by atoms with Crippen LogP contribution in [0.2, 0.25) is 5.02 Å². The van der Waals surface area contributed by atoms with Crippen LogP contribution < -0.4 is 4.90 Å². The van der Waals surface area contributed by atoms with E-state index in [9.17, 15) is 4.39 Å². The number of aromatic nitrogens is 2. The van der Waals surface area contributed by atoms with Gasteiger partial charge in [0.25, 0.3) is 0 Å². The summed E-state index contributed by atoms with van der Waals surface area (Å²) < 4.78 is 14.2. The minimum Gasteiger partial charge on any atom is -0.347 e. The van der Waals surface area contributed by atoms with Crippen molar-refractivity contribution in [2.45, 2.75) is 37.6 Å². The van der Waals surface area contributed by atoms with Crippen molar-refractivity contribution in [2.24, 2.45) is 0 Å². The summed E-state index contributed by atoms with van der Waals surface area (Å²) in [5.74, 6) is 0.548. The average molecular weight is 375 g/mol. The molecule has 2 heterocycles. The second kappa shape index (κ2) is 6.78. The van der Waals surface area contributed by atoms with Crippen LogP contribution in [0.3, 0.4) is 0 Å². The van der Waals surface area contributed by atoms with Gasteiger partial charge in [-0.15, -0.1) is 0 Å². The van der Waals surface area contributed by atoms with E-state index in [1.165, 1.54) is 17.3 Å². The quantitative estimate of drug-likeness (QED) is 0.817. The minimum atomic E-state index is -0.221. The number of hydrogen-bond acceptors (Lipinski definition) is 4. The van der Waals surface area contributed by atoms with Crippen LogP contribution in [0.15, 0.2) is 24.4 Å². The van der Waals surface area contributed by atoms with Crippen molar-refractivity contribution in [1.82, 2.24) is 14.9 Å². The Balaban J connectivity index is 1.59. The molecule has 0 amide bonds. The van der Waals surface area contributed by atoms with Crippen molar-refractivity contribution in [3.63, 3.8) is 0 Å². The fraction of sp³-hybridized carbons (Fsp3) is 0.500. The summed E-state index contributed by atoms with van der Waals surface area (Å²) in [6.07, 6.45) is 6.38. The maximum atomic E-state index is 14.2. The Labute approximate surface area is 159 Å². The van der Waals surface area contributed by atoms with E-state index in [1.807, 2.05) is 25.2 Å². The average Bonchev–Trinajstić information content (AvgIpc) is 2.95. The van der Waals surface area contributed by atoms with Crippen LogP contribution in [-0.4, -0.2) is 42.1 Å². The first-order chi connectivity index (χ1) is 12.5. The lowest BCUT2D eigenvalue weighted by Crippen LogP contribution is -2.45. The van der Waals surface area contributed by atoms with Crippen LogP contribution in [-0.2, 0) is 18.4 Å². The summed E-state index contributed by atoms with van der Waals surface area (Å²) in [6.45, 7) is 2.53. The van der Waals surface area contributed by atoms with Crippen molar-refractivity contribution in [1.29, 1.82) is 0 Å². The van der Waals surface area contributed by atoms with Gasteiger partial charge in [0.05, 0.1) is 5.69 Å². The number of piperidine rings is 1. The van der Waals surface area contributed by atoms with E-state index in [1.54, 1.807) is 12.1 Å². The second-order valence-corrected chi connectivity index (χ2v) is 8.20. The van der Waals surface area contributed by atoms with Crippen molar-refractivity contribution < 1.29 is 4.39 Å². The molecule has 1 unspecified atom stereocenters.